The molecule has 0 aliphatic carbocycles. The largest absolute Gasteiger partial charge is 0.461 e. The smallest absolute Gasteiger partial charge is 0.427 e. The molecule has 1 N–H and O–H groups in total. The summed E-state index contributed by atoms with van der Waals surface area (Å²) in [6.45, 7) is 1.67. The number of benzene rings is 1. The molecule has 0 spiro atoms. The van der Waals surface area contributed by atoms with Crippen molar-refractivity contribution in [2.24, 2.45) is 7.05 Å². The Morgan fingerprint density at radius 1 is 1.33 bits per heavy atom. The van der Waals surface area contributed by atoms with Gasteiger partial charge in [-0.25, -0.2) is 0 Å². The van der Waals surface area contributed by atoms with Crippen LogP contribution in [0.1, 0.15) is 28.9 Å². The summed E-state index contributed by atoms with van der Waals surface area (Å²) >= 11 is 0. The van der Waals surface area contributed by atoms with Crippen LogP contribution in [-0.4, -0.2) is 28.2 Å². The molecule has 2 aromatic rings. The van der Waals surface area contributed by atoms with Crippen molar-refractivity contribution in [2.45, 2.75) is 25.5 Å². The van der Waals surface area contributed by atoms with Gasteiger partial charge >= 0.3 is 12.5 Å². The topological polar surface area (TPSA) is 56.1 Å². The van der Waals surface area contributed by atoms with E-state index in [1.807, 2.05) is 0 Å². The number of nitrogens with zero attached hydrogens (tertiary/aromatic N) is 2. The van der Waals surface area contributed by atoms with Gasteiger partial charge in [-0.1, -0.05) is 12.1 Å². The predicted molar refractivity (Wildman–Crippen MR) is 77.1 cm³/mol. The van der Waals surface area contributed by atoms with Crippen molar-refractivity contribution < 1.29 is 27.1 Å². The number of hydrogen-bond donors (Lipinski definition) is 1. The highest BCUT2D eigenvalue weighted by molar-refractivity contribution is 5.97. The Bertz CT molecular complexity index is 718. The van der Waals surface area contributed by atoms with E-state index in [1.54, 1.807) is 20.2 Å². The van der Waals surface area contributed by atoms with Gasteiger partial charge in [0, 0.05) is 18.8 Å². The summed E-state index contributed by atoms with van der Waals surface area (Å²) in [6.07, 6.45) is -5.48. The second-order valence-electron chi connectivity index (χ2n) is 5.10. The first-order valence-corrected chi connectivity index (χ1v) is 6.94. The summed E-state index contributed by atoms with van der Waals surface area (Å²) in [5, 5.41) is 6.54. The molecular formula is C15H15F4N3O2. The third-order valence-electron chi connectivity index (χ3n) is 3.20. The number of amides is 1. The van der Waals surface area contributed by atoms with Gasteiger partial charge < -0.3 is 10.1 Å². The van der Waals surface area contributed by atoms with Gasteiger partial charge in [0.15, 0.2) is 0 Å². The standard InChI is InChI=1S/C15H15F4N3O2/c1-9(10-7-20-22(2)8-10)21-13(23)11-5-3-4-6-12(11)24-15(18,19)14(16)17/h3-9,14H,1-2H3,(H,21,23). The van der Waals surface area contributed by atoms with Crippen LogP contribution in [0.5, 0.6) is 5.75 Å². The molecular weight excluding hydrogens is 330 g/mol. The Hall–Kier alpha value is -2.58. The fourth-order valence-electron chi connectivity index (χ4n) is 1.96. The molecule has 0 radical (unpaired) electrons. The molecule has 1 amide bonds. The van der Waals surface area contributed by atoms with Crippen molar-refractivity contribution in [1.82, 2.24) is 15.1 Å². The predicted octanol–water partition coefficient (Wildman–Crippen LogP) is 3.15. The summed E-state index contributed by atoms with van der Waals surface area (Å²) in [4.78, 5) is 12.3. The van der Waals surface area contributed by atoms with E-state index in [4.69, 9.17) is 0 Å². The molecule has 1 heterocycles. The fourth-order valence-corrected chi connectivity index (χ4v) is 1.96. The van der Waals surface area contributed by atoms with Gasteiger partial charge in [-0.3, -0.25) is 9.48 Å². The number of halogens is 4. The lowest BCUT2D eigenvalue weighted by molar-refractivity contribution is -0.253. The minimum Gasteiger partial charge on any atom is -0.427 e. The number of rotatable bonds is 6. The number of nitrogens with one attached hydrogen (secondary N) is 1. The van der Waals surface area contributed by atoms with Crippen LogP contribution in [0, 0.1) is 0 Å². The van der Waals surface area contributed by atoms with Crippen molar-refractivity contribution in [3.05, 3.63) is 47.8 Å². The Morgan fingerprint density at radius 3 is 2.58 bits per heavy atom. The molecule has 1 atom stereocenters. The van der Waals surface area contributed by atoms with Gasteiger partial charge in [0.25, 0.3) is 5.91 Å². The van der Waals surface area contributed by atoms with E-state index in [2.05, 4.69) is 15.2 Å². The Kier molecular flexibility index (Phi) is 5.10. The van der Waals surface area contributed by atoms with E-state index in [0.717, 1.165) is 6.07 Å². The number of aryl methyl sites for hydroxylation is 1. The highest BCUT2D eigenvalue weighted by Gasteiger charge is 2.44. The summed E-state index contributed by atoms with van der Waals surface area (Å²) < 4.78 is 56.3. The molecule has 24 heavy (non-hydrogen) atoms. The Labute approximate surface area is 135 Å². The number of carbonyl (C=O) groups is 1. The number of ether oxygens (including phenoxy) is 1. The van der Waals surface area contributed by atoms with E-state index < -0.39 is 30.2 Å². The molecule has 1 aromatic heterocycles. The Balaban J connectivity index is 2.18. The number of carbonyl (C=O) groups excluding carboxylic acids is 1. The highest BCUT2D eigenvalue weighted by atomic mass is 19.3. The van der Waals surface area contributed by atoms with Gasteiger partial charge in [-0.2, -0.15) is 22.7 Å². The van der Waals surface area contributed by atoms with Crippen LogP contribution in [0.4, 0.5) is 17.6 Å². The van der Waals surface area contributed by atoms with Crippen LogP contribution < -0.4 is 10.1 Å². The lowest BCUT2D eigenvalue weighted by atomic mass is 10.1. The highest BCUT2D eigenvalue weighted by Crippen LogP contribution is 2.30. The molecule has 0 aliphatic heterocycles. The molecule has 1 aromatic carbocycles. The lowest BCUT2D eigenvalue weighted by Gasteiger charge is -2.19. The third kappa shape index (κ3) is 4.03. The maximum atomic E-state index is 13.1. The zero-order valence-electron chi connectivity index (χ0n) is 12.8. The quantitative estimate of drug-likeness (QED) is 0.819. The number of hydrogen-bond acceptors (Lipinski definition) is 3. The third-order valence-corrected chi connectivity index (χ3v) is 3.20. The lowest BCUT2D eigenvalue weighted by Crippen LogP contribution is -2.35. The van der Waals surface area contributed by atoms with Crippen LogP contribution in [0.25, 0.3) is 0 Å². The van der Waals surface area contributed by atoms with E-state index in [-0.39, 0.29) is 5.56 Å². The molecule has 0 fully saturated rings. The van der Waals surface area contributed by atoms with Gasteiger partial charge in [0.2, 0.25) is 0 Å². The van der Waals surface area contributed by atoms with Gasteiger partial charge in [-0.05, 0) is 19.1 Å². The maximum absolute atomic E-state index is 13.1. The fraction of sp³-hybridized carbons (Fsp3) is 0.333. The zero-order chi connectivity index (χ0) is 17.9. The summed E-state index contributed by atoms with van der Waals surface area (Å²) in [5.41, 5.74) is 0.427. The van der Waals surface area contributed by atoms with Crippen molar-refractivity contribution in [3.8, 4) is 5.75 Å². The molecule has 0 saturated heterocycles. The van der Waals surface area contributed by atoms with Crippen molar-refractivity contribution in [3.63, 3.8) is 0 Å². The number of alkyl halides is 4. The van der Waals surface area contributed by atoms with E-state index in [1.165, 1.54) is 29.1 Å². The maximum Gasteiger partial charge on any atom is 0.461 e. The second-order valence-corrected chi connectivity index (χ2v) is 5.10. The summed E-state index contributed by atoms with van der Waals surface area (Å²) in [6, 6.07) is 4.49. The van der Waals surface area contributed by atoms with Crippen molar-refractivity contribution >= 4 is 5.91 Å². The molecule has 0 aliphatic rings. The minimum atomic E-state index is -4.69. The normalized spacial score (nSPS) is 13.0. The SMILES string of the molecule is CC(NC(=O)c1ccccc1OC(F)(F)C(F)F)c1cnn(C)c1. The van der Waals surface area contributed by atoms with E-state index >= 15 is 0 Å². The van der Waals surface area contributed by atoms with Gasteiger partial charge in [-0.15, -0.1) is 0 Å². The van der Waals surface area contributed by atoms with Crippen LogP contribution in [0.3, 0.4) is 0 Å². The number of para-hydroxylation sites is 1. The molecule has 2 rings (SSSR count). The zero-order valence-corrected chi connectivity index (χ0v) is 12.8. The second kappa shape index (κ2) is 6.90. The van der Waals surface area contributed by atoms with Crippen LogP contribution >= 0.6 is 0 Å². The monoisotopic (exact) mass is 345 g/mol. The molecule has 0 saturated carbocycles. The molecule has 0 bridgehead atoms. The first kappa shape index (κ1) is 17.8. The Morgan fingerprint density at radius 2 is 2.00 bits per heavy atom. The minimum absolute atomic E-state index is 0.270. The summed E-state index contributed by atoms with van der Waals surface area (Å²) in [7, 11) is 1.70. The van der Waals surface area contributed by atoms with Gasteiger partial charge in [0.05, 0.1) is 17.8 Å². The van der Waals surface area contributed by atoms with Crippen molar-refractivity contribution in [1.29, 1.82) is 0 Å². The first-order valence-electron chi connectivity index (χ1n) is 6.94. The van der Waals surface area contributed by atoms with E-state index in [9.17, 15) is 22.4 Å². The van der Waals surface area contributed by atoms with Crippen LogP contribution in [0.2, 0.25) is 0 Å². The molecule has 130 valence electrons. The average molecular weight is 345 g/mol. The average Bonchev–Trinajstić information content (AvgIpc) is 2.94. The van der Waals surface area contributed by atoms with Crippen LogP contribution in [0.15, 0.2) is 36.7 Å². The van der Waals surface area contributed by atoms with E-state index in [0.29, 0.717) is 5.56 Å². The number of aromatic nitrogens is 2. The first-order chi connectivity index (χ1) is 11.2. The molecule has 5 nitrogen and oxygen atoms in total. The van der Waals surface area contributed by atoms with Gasteiger partial charge in [0.1, 0.15) is 5.75 Å². The van der Waals surface area contributed by atoms with Crippen molar-refractivity contribution in [2.75, 3.05) is 0 Å². The molecule has 1 unspecified atom stereocenters. The van der Waals surface area contributed by atoms with Crippen LogP contribution in [-0.2, 0) is 7.05 Å². The summed E-state index contributed by atoms with van der Waals surface area (Å²) in [5.74, 6) is -1.36. The molecule has 9 heteroatoms.